The third-order valence-electron chi connectivity index (χ3n) is 12.0. The zero-order valence-electron chi connectivity index (χ0n) is 25.5. The molecule has 4 fully saturated rings. The maximum Gasteiger partial charge on any atom is 0.331 e. The normalized spacial score (nSPS) is 45.1. The van der Waals surface area contributed by atoms with Crippen LogP contribution in [0, 0.1) is 39.9 Å². The summed E-state index contributed by atoms with van der Waals surface area (Å²) in [6.45, 7) is 13.4. The third-order valence-corrected chi connectivity index (χ3v) is 13.3. The summed E-state index contributed by atoms with van der Waals surface area (Å²) < 4.78 is 18.4. The van der Waals surface area contributed by atoms with E-state index in [2.05, 4.69) is 13.8 Å². The highest BCUT2D eigenvalue weighted by Crippen LogP contribution is 2.75. The average Bonchev–Trinajstić information content (AvgIpc) is 3.09. The van der Waals surface area contributed by atoms with Gasteiger partial charge in [0.2, 0.25) is 0 Å². The van der Waals surface area contributed by atoms with E-state index in [0.717, 1.165) is 5.57 Å². The highest BCUT2D eigenvalue weighted by Gasteiger charge is 2.72. The van der Waals surface area contributed by atoms with E-state index in [-0.39, 0.29) is 48.5 Å². The number of hydrogen-bond donors (Lipinski definition) is 5. The van der Waals surface area contributed by atoms with Crippen LogP contribution >= 0.6 is 7.60 Å². The second-order valence-electron chi connectivity index (χ2n) is 14.4. The number of carbonyl (C=O) groups excluding carboxylic acids is 1. The molecular weight excluding hydrogens is 547 g/mol. The minimum absolute atomic E-state index is 0.0347. The second-order valence-corrected chi connectivity index (χ2v) is 16.2. The molecule has 41 heavy (non-hydrogen) atoms. The van der Waals surface area contributed by atoms with Gasteiger partial charge in [0, 0.05) is 12.5 Å². The predicted octanol–water partition coefficient (Wildman–Crippen LogP) is 4.82. The molecule has 0 aromatic carbocycles. The molecule has 0 aliphatic heterocycles. The Bertz CT molecular complexity index is 1180. The van der Waals surface area contributed by atoms with E-state index in [0.29, 0.717) is 31.3 Å². The lowest BCUT2D eigenvalue weighted by Gasteiger charge is -2.69. The van der Waals surface area contributed by atoms with Gasteiger partial charge in [0.25, 0.3) is 0 Å². The van der Waals surface area contributed by atoms with Gasteiger partial charge in [-0.05, 0) is 104 Å². The van der Waals surface area contributed by atoms with Crippen LogP contribution in [0.1, 0.15) is 93.4 Å². The maximum absolute atomic E-state index is 12.7. The van der Waals surface area contributed by atoms with Crippen molar-refractivity contribution in [3.8, 4) is 0 Å². The minimum Gasteiger partial charge on any atom is -0.478 e. The molecule has 11 atom stereocenters. The lowest BCUT2D eigenvalue weighted by atomic mass is 9.36. The number of allylic oxidation sites excluding steroid dienone is 2. The summed E-state index contributed by atoms with van der Waals surface area (Å²) in [5.74, 6) is -2.58. The molecule has 2 unspecified atom stereocenters. The second kappa shape index (κ2) is 10.9. The molecule has 0 aromatic heterocycles. The highest BCUT2D eigenvalue weighted by molar-refractivity contribution is 7.52. The molecule has 4 aliphatic carbocycles. The number of fused-ring (bicyclic) bond motifs is 5. The van der Waals surface area contributed by atoms with E-state index in [1.165, 1.54) is 6.92 Å². The van der Waals surface area contributed by atoms with Crippen LogP contribution < -0.4 is 0 Å². The summed E-state index contributed by atoms with van der Waals surface area (Å²) in [6.07, 6.45) is 2.34. The number of esters is 1. The zero-order chi connectivity index (χ0) is 30.9. The summed E-state index contributed by atoms with van der Waals surface area (Å²) >= 11 is 0. The van der Waals surface area contributed by atoms with Crippen molar-refractivity contribution >= 4 is 19.5 Å². The van der Waals surface area contributed by atoms with Crippen LogP contribution in [0.2, 0.25) is 0 Å². The Labute approximate surface area is 243 Å². The molecule has 232 valence electrons. The van der Waals surface area contributed by atoms with Crippen LogP contribution in [0.15, 0.2) is 22.8 Å². The first kappa shape index (κ1) is 32.4. The van der Waals surface area contributed by atoms with Gasteiger partial charge in [-0.25, -0.2) is 4.79 Å². The van der Waals surface area contributed by atoms with E-state index < -0.39 is 59.8 Å². The van der Waals surface area contributed by atoms with Crippen molar-refractivity contribution in [1.29, 1.82) is 0 Å². The summed E-state index contributed by atoms with van der Waals surface area (Å²) in [6, 6.07) is 0. The first-order valence-electron chi connectivity index (χ1n) is 15.0. The van der Waals surface area contributed by atoms with Crippen molar-refractivity contribution in [2.24, 2.45) is 39.9 Å². The Balaban J connectivity index is 1.85. The number of aliphatic hydroxyl groups is 2. The van der Waals surface area contributed by atoms with E-state index in [1.54, 1.807) is 0 Å². The average molecular weight is 597 g/mol. The lowest BCUT2D eigenvalue weighted by molar-refractivity contribution is -0.234. The monoisotopic (exact) mass is 596 g/mol. The summed E-state index contributed by atoms with van der Waals surface area (Å²) in [7, 11) is -4.61. The number of carbonyl (C=O) groups is 2. The van der Waals surface area contributed by atoms with Crippen LogP contribution in [0.4, 0.5) is 0 Å². The van der Waals surface area contributed by atoms with Gasteiger partial charge < -0.3 is 29.8 Å². The molecule has 0 heterocycles. The largest absolute Gasteiger partial charge is 0.478 e. The van der Waals surface area contributed by atoms with Crippen molar-refractivity contribution in [2.45, 2.75) is 117 Å². The van der Waals surface area contributed by atoms with Crippen molar-refractivity contribution in [3.63, 3.8) is 0 Å². The first-order valence-corrected chi connectivity index (χ1v) is 16.7. The first-order chi connectivity index (χ1) is 18.8. The third kappa shape index (κ3) is 5.18. The van der Waals surface area contributed by atoms with Crippen LogP contribution in [0.5, 0.6) is 0 Å². The van der Waals surface area contributed by atoms with Crippen LogP contribution in [0.25, 0.3) is 0 Å². The molecule has 9 nitrogen and oxygen atoms in total. The smallest absolute Gasteiger partial charge is 0.331 e. The Kier molecular flexibility index (Phi) is 8.60. The van der Waals surface area contributed by atoms with E-state index in [4.69, 9.17) is 4.74 Å². The van der Waals surface area contributed by atoms with E-state index in [9.17, 15) is 39.3 Å². The van der Waals surface area contributed by atoms with Crippen molar-refractivity contribution in [3.05, 3.63) is 22.8 Å². The molecule has 0 aromatic rings. The molecule has 0 bridgehead atoms. The Hall–Kier alpha value is -1.51. The molecule has 10 heteroatoms. The minimum atomic E-state index is -4.61. The number of aliphatic carboxylic acids is 1. The Morgan fingerprint density at radius 1 is 1.07 bits per heavy atom. The molecule has 5 N–H and O–H groups in total. The van der Waals surface area contributed by atoms with Gasteiger partial charge >= 0.3 is 19.5 Å². The molecule has 0 radical (unpaired) electrons. The Morgan fingerprint density at radius 3 is 2.24 bits per heavy atom. The van der Waals surface area contributed by atoms with Crippen molar-refractivity contribution in [1.82, 2.24) is 0 Å². The van der Waals surface area contributed by atoms with Gasteiger partial charge in [-0.15, -0.1) is 0 Å². The van der Waals surface area contributed by atoms with E-state index in [1.807, 2.05) is 33.8 Å². The summed E-state index contributed by atoms with van der Waals surface area (Å²) in [5.41, 5.74) is -1.01. The summed E-state index contributed by atoms with van der Waals surface area (Å²) in [5, 5.41) is 33.3. The number of carboxylic acids is 1. The fourth-order valence-electron chi connectivity index (χ4n) is 10.2. The van der Waals surface area contributed by atoms with Crippen molar-refractivity contribution < 1.29 is 44.0 Å². The van der Waals surface area contributed by atoms with E-state index >= 15 is 0 Å². The molecular formula is C31H49O9P. The lowest BCUT2D eigenvalue weighted by Crippen LogP contribution is -2.67. The molecule has 0 amide bonds. The number of aliphatic hydroxyl groups excluding tert-OH is 2. The fourth-order valence-corrected chi connectivity index (χ4v) is 11.5. The van der Waals surface area contributed by atoms with Crippen LogP contribution in [-0.2, 0) is 18.9 Å². The van der Waals surface area contributed by atoms with Gasteiger partial charge in [-0.2, -0.15) is 0 Å². The van der Waals surface area contributed by atoms with Gasteiger partial charge in [-0.3, -0.25) is 9.36 Å². The SMILES string of the molecule is CC(=O)O[C@H]1C[C@@]2(C)[C@H](C[C@@H](O)[C@@H]3[C@@]4(C)CC(P(=O)(O)O)[C@@H](O)[C@@H](C)C4CC[C@@]32C)C1=C(CCC=C(C)C)C(=O)O. The standard InChI is InChI=1S/C31H49O9P/c1-16(2)9-8-10-19(28(35)36)25-21-13-22(33)27-29(5)15-24(41(37,38)39)26(34)17(3)20(29)11-12-30(27,6)31(21,7)14-23(25)40-18(4)32/h9,17,20-24,26-27,33-34H,8,10-15H2,1-7H3,(H,35,36)(H2,37,38,39)/t17-,20?,21+,22+,23-,24?,26-,27+,29-,30-,31-/m0/s1. The number of ether oxygens (including phenoxy) is 1. The van der Waals surface area contributed by atoms with Gasteiger partial charge in [0.05, 0.1) is 17.9 Å². The molecule has 0 spiro atoms. The van der Waals surface area contributed by atoms with Gasteiger partial charge in [-0.1, -0.05) is 39.3 Å². The zero-order valence-corrected chi connectivity index (χ0v) is 26.4. The van der Waals surface area contributed by atoms with Crippen LogP contribution in [0.3, 0.4) is 0 Å². The topological polar surface area (TPSA) is 162 Å². The van der Waals surface area contributed by atoms with Crippen molar-refractivity contribution in [2.75, 3.05) is 0 Å². The molecule has 4 aliphatic rings. The highest BCUT2D eigenvalue weighted by atomic mass is 31.2. The summed E-state index contributed by atoms with van der Waals surface area (Å²) in [4.78, 5) is 45.4. The molecule has 4 saturated carbocycles. The van der Waals surface area contributed by atoms with Gasteiger partial charge in [0.1, 0.15) is 6.10 Å². The number of hydrogen-bond acceptors (Lipinski definition) is 6. The molecule has 0 saturated heterocycles. The molecule has 4 rings (SSSR count). The van der Waals surface area contributed by atoms with Gasteiger partial charge in [0.15, 0.2) is 0 Å². The quantitative estimate of drug-likeness (QED) is 0.125. The maximum atomic E-state index is 12.7. The predicted molar refractivity (Wildman–Crippen MR) is 154 cm³/mol. The van der Waals surface area contributed by atoms with Crippen LogP contribution in [-0.4, -0.2) is 61.0 Å². The fraction of sp³-hybridized carbons (Fsp3) is 0.806. The Morgan fingerprint density at radius 2 is 1.71 bits per heavy atom. The number of carboxylic acid groups (broad SMARTS) is 1. The number of rotatable bonds is 6.